The molecule has 0 spiro atoms. The largest absolute Gasteiger partial charge is 0.440 e. The van der Waals surface area contributed by atoms with Gasteiger partial charge in [0.1, 0.15) is 5.75 Å². The number of hydrogen-bond donors (Lipinski definition) is 1. The first-order valence-corrected chi connectivity index (χ1v) is 8.78. The number of nitrogens with zero attached hydrogens (tertiary/aromatic N) is 1. The average Bonchev–Trinajstić information content (AvgIpc) is 3.03. The topological polar surface area (TPSA) is 64.1 Å². The van der Waals surface area contributed by atoms with Gasteiger partial charge < -0.3 is 4.74 Å². The molecule has 0 atom stereocenters. The molecular formula is C20H24N2O3. The van der Waals surface area contributed by atoms with E-state index in [1.54, 1.807) is 4.57 Å². The summed E-state index contributed by atoms with van der Waals surface area (Å²) in [6, 6.07) is 5.89. The number of ether oxygens (including phenoxy) is 1. The van der Waals surface area contributed by atoms with Crippen molar-refractivity contribution in [3.8, 4) is 11.6 Å². The third kappa shape index (κ3) is 3.76. The first-order chi connectivity index (χ1) is 12.0. The van der Waals surface area contributed by atoms with Gasteiger partial charge in [-0.05, 0) is 62.8 Å². The molecule has 1 aliphatic carbocycles. The summed E-state index contributed by atoms with van der Waals surface area (Å²) in [7, 11) is 0. The predicted molar refractivity (Wildman–Crippen MR) is 98.6 cm³/mol. The fourth-order valence-corrected chi connectivity index (χ4v) is 3.35. The van der Waals surface area contributed by atoms with Crippen LogP contribution in [0.3, 0.4) is 0 Å². The van der Waals surface area contributed by atoms with E-state index in [-0.39, 0.29) is 5.56 Å². The number of nitrogens with one attached hydrogen (secondary N) is 1. The zero-order chi connectivity index (χ0) is 18.0. The van der Waals surface area contributed by atoms with Crippen molar-refractivity contribution in [1.29, 1.82) is 0 Å². The number of H-pyrrole nitrogens is 1. The molecule has 0 unspecified atom stereocenters. The Labute approximate surface area is 147 Å². The highest BCUT2D eigenvalue weighted by atomic mass is 16.5. The van der Waals surface area contributed by atoms with Crippen molar-refractivity contribution < 1.29 is 4.74 Å². The van der Waals surface area contributed by atoms with Gasteiger partial charge in [0.25, 0.3) is 5.56 Å². The molecule has 0 fully saturated rings. The molecule has 0 radical (unpaired) electrons. The number of rotatable bonds is 5. The molecule has 2 aromatic rings. The highest BCUT2D eigenvalue weighted by molar-refractivity contribution is 5.37. The van der Waals surface area contributed by atoms with Gasteiger partial charge in [0.05, 0.1) is 12.1 Å². The molecule has 0 amide bonds. The Bertz CT molecular complexity index is 915. The van der Waals surface area contributed by atoms with Gasteiger partial charge in [0.15, 0.2) is 0 Å². The Morgan fingerprint density at radius 2 is 1.88 bits per heavy atom. The molecule has 0 saturated heterocycles. The summed E-state index contributed by atoms with van der Waals surface area (Å²) < 4.78 is 7.63. The number of allylic oxidation sites excluding steroid dienone is 2. The van der Waals surface area contributed by atoms with Crippen LogP contribution in [0.15, 0.2) is 39.4 Å². The van der Waals surface area contributed by atoms with Gasteiger partial charge in [0, 0.05) is 0 Å². The molecule has 1 aromatic heterocycles. The zero-order valence-corrected chi connectivity index (χ0v) is 15.0. The summed E-state index contributed by atoms with van der Waals surface area (Å²) >= 11 is 0. The van der Waals surface area contributed by atoms with Crippen molar-refractivity contribution in [2.45, 2.75) is 53.0 Å². The van der Waals surface area contributed by atoms with E-state index in [1.807, 2.05) is 32.9 Å². The van der Waals surface area contributed by atoms with Crippen LogP contribution in [0.2, 0.25) is 0 Å². The maximum Gasteiger partial charge on any atom is 0.331 e. The molecule has 25 heavy (non-hydrogen) atoms. The lowest BCUT2D eigenvalue weighted by molar-refractivity contribution is 0.412. The van der Waals surface area contributed by atoms with Crippen molar-refractivity contribution in [1.82, 2.24) is 9.55 Å². The van der Waals surface area contributed by atoms with E-state index < -0.39 is 5.69 Å². The summed E-state index contributed by atoms with van der Waals surface area (Å²) in [5.74, 6) is 1.00. The molecule has 132 valence electrons. The number of aryl methyl sites for hydroxylation is 2. The van der Waals surface area contributed by atoms with E-state index in [2.05, 4.69) is 17.1 Å². The molecule has 0 aliphatic heterocycles. The summed E-state index contributed by atoms with van der Waals surface area (Å²) in [6.07, 6.45) is 5.80. The fraction of sp³-hybridized carbons (Fsp3) is 0.400. The summed E-state index contributed by atoms with van der Waals surface area (Å²) in [4.78, 5) is 27.1. The van der Waals surface area contributed by atoms with Crippen molar-refractivity contribution in [3.63, 3.8) is 0 Å². The Hall–Kier alpha value is -2.56. The minimum absolute atomic E-state index is 0.356. The third-order valence-electron chi connectivity index (χ3n) is 4.50. The Kier molecular flexibility index (Phi) is 4.93. The highest BCUT2D eigenvalue weighted by Gasteiger charge is 2.18. The molecule has 1 aliphatic rings. The third-order valence-corrected chi connectivity index (χ3v) is 4.50. The van der Waals surface area contributed by atoms with Gasteiger partial charge in [-0.1, -0.05) is 24.6 Å². The summed E-state index contributed by atoms with van der Waals surface area (Å²) in [5, 5.41) is 0. The molecule has 3 rings (SSSR count). The number of hydrogen-bond acceptors (Lipinski definition) is 3. The molecule has 0 saturated carbocycles. The molecule has 5 nitrogen and oxygen atoms in total. The maximum absolute atomic E-state index is 12.4. The maximum atomic E-state index is 12.4. The van der Waals surface area contributed by atoms with Crippen molar-refractivity contribution >= 4 is 0 Å². The van der Waals surface area contributed by atoms with E-state index >= 15 is 0 Å². The summed E-state index contributed by atoms with van der Waals surface area (Å²) in [5.41, 5.74) is 3.06. The molecular weight excluding hydrogens is 316 g/mol. The number of benzene rings is 1. The monoisotopic (exact) mass is 340 g/mol. The van der Waals surface area contributed by atoms with Gasteiger partial charge in [-0.3, -0.25) is 14.3 Å². The minimum Gasteiger partial charge on any atom is -0.440 e. The normalized spacial score (nSPS) is 13.8. The molecule has 1 heterocycles. The lowest BCUT2D eigenvalue weighted by Gasteiger charge is -2.17. The first-order valence-electron chi connectivity index (χ1n) is 8.78. The second-order valence-electron chi connectivity index (χ2n) is 6.66. The Morgan fingerprint density at radius 3 is 2.48 bits per heavy atom. The smallest absolute Gasteiger partial charge is 0.331 e. The second kappa shape index (κ2) is 7.13. The van der Waals surface area contributed by atoms with Crippen LogP contribution in [0.4, 0.5) is 0 Å². The zero-order valence-electron chi connectivity index (χ0n) is 15.0. The van der Waals surface area contributed by atoms with Crippen molar-refractivity contribution in [2.24, 2.45) is 0 Å². The lowest BCUT2D eigenvalue weighted by Crippen LogP contribution is -2.33. The van der Waals surface area contributed by atoms with Crippen LogP contribution >= 0.6 is 0 Å². The van der Waals surface area contributed by atoms with E-state index in [0.717, 1.165) is 30.4 Å². The molecule has 1 N–H and O–H groups in total. The molecule has 1 aromatic carbocycles. The van der Waals surface area contributed by atoms with Gasteiger partial charge in [0.2, 0.25) is 5.88 Å². The second-order valence-corrected chi connectivity index (χ2v) is 6.66. The van der Waals surface area contributed by atoms with Crippen LogP contribution in [0.1, 0.15) is 42.9 Å². The van der Waals surface area contributed by atoms with E-state index in [9.17, 15) is 9.59 Å². The SMILES string of the molecule is CCc1c(Oc2cc(C)cc(C)c2)n(CC2=CCCC2)c(=O)[nH]c1=O. The lowest BCUT2D eigenvalue weighted by atomic mass is 10.1. The van der Waals surface area contributed by atoms with Crippen LogP contribution in [-0.2, 0) is 13.0 Å². The van der Waals surface area contributed by atoms with Gasteiger partial charge in [-0.15, -0.1) is 0 Å². The van der Waals surface area contributed by atoms with E-state index in [0.29, 0.717) is 30.2 Å². The quantitative estimate of drug-likeness (QED) is 0.846. The van der Waals surface area contributed by atoms with Crippen LogP contribution < -0.4 is 16.0 Å². The van der Waals surface area contributed by atoms with E-state index in [4.69, 9.17) is 4.74 Å². The standard InChI is InChI=1S/C20H24N2O3/c1-4-17-18(23)21-20(24)22(12-15-7-5-6-8-15)19(17)25-16-10-13(2)9-14(3)11-16/h7,9-11H,4-6,8,12H2,1-3H3,(H,21,23,24). The number of aromatic nitrogens is 2. The van der Waals surface area contributed by atoms with Gasteiger partial charge in [-0.2, -0.15) is 0 Å². The van der Waals surface area contributed by atoms with Crippen molar-refractivity contribution in [2.75, 3.05) is 0 Å². The number of aromatic amines is 1. The minimum atomic E-state index is -0.422. The van der Waals surface area contributed by atoms with Crippen LogP contribution in [0.25, 0.3) is 0 Å². The van der Waals surface area contributed by atoms with Crippen LogP contribution in [0, 0.1) is 13.8 Å². The molecule has 5 heteroatoms. The van der Waals surface area contributed by atoms with Gasteiger partial charge >= 0.3 is 5.69 Å². The summed E-state index contributed by atoms with van der Waals surface area (Å²) in [6.45, 7) is 6.34. The fourth-order valence-electron chi connectivity index (χ4n) is 3.35. The van der Waals surface area contributed by atoms with Crippen LogP contribution in [0.5, 0.6) is 11.6 Å². The van der Waals surface area contributed by atoms with Crippen LogP contribution in [-0.4, -0.2) is 9.55 Å². The molecule has 0 bridgehead atoms. The highest BCUT2D eigenvalue weighted by Crippen LogP contribution is 2.27. The first kappa shape index (κ1) is 17.3. The Morgan fingerprint density at radius 1 is 1.16 bits per heavy atom. The van der Waals surface area contributed by atoms with E-state index in [1.165, 1.54) is 5.57 Å². The predicted octanol–water partition coefficient (Wildman–Crippen LogP) is 3.62. The Balaban J connectivity index is 2.11. The van der Waals surface area contributed by atoms with Crippen molar-refractivity contribution in [3.05, 3.63) is 67.4 Å². The average molecular weight is 340 g/mol. The van der Waals surface area contributed by atoms with Gasteiger partial charge in [-0.25, -0.2) is 4.79 Å².